The van der Waals surface area contributed by atoms with Crippen molar-refractivity contribution in [3.63, 3.8) is 0 Å². The first-order valence-corrected chi connectivity index (χ1v) is 12.0. The zero-order valence-electron chi connectivity index (χ0n) is 20.9. The number of carbonyl (C=O) groups is 4. The van der Waals surface area contributed by atoms with Crippen LogP contribution >= 0.6 is 11.6 Å². The smallest absolute Gasteiger partial charge is 0.450 e. The normalized spacial score (nSPS) is 14.0. The Morgan fingerprint density at radius 2 is 1.54 bits per heavy atom. The molecule has 37 heavy (non-hydrogen) atoms. The van der Waals surface area contributed by atoms with E-state index in [1.807, 2.05) is 0 Å². The summed E-state index contributed by atoms with van der Waals surface area (Å²) in [6.45, 7) is 4.33. The van der Waals surface area contributed by atoms with Gasteiger partial charge in [0.25, 0.3) is 0 Å². The van der Waals surface area contributed by atoms with Gasteiger partial charge in [-0.05, 0) is 35.7 Å². The predicted octanol–water partition coefficient (Wildman–Crippen LogP) is 5.78. The van der Waals surface area contributed by atoms with E-state index >= 15 is 0 Å². The Bertz CT molecular complexity index is 1130. The highest BCUT2D eigenvalue weighted by atomic mass is 35.5. The second-order valence-corrected chi connectivity index (χ2v) is 9.51. The molecule has 0 unspecified atom stereocenters. The second-order valence-electron chi connectivity index (χ2n) is 9.11. The maximum absolute atomic E-state index is 13.2. The summed E-state index contributed by atoms with van der Waals surface area (Å²) < 4.78 is 44.5. The van der Waals surface area contributed by atoms with Crippen molar-refractivity contribution in [2.75, 3.05) is 7.11 Å². The molecule has 2 aromatic carbocycles. The third-order valence-electron chi connectivity index (χ3n) is 6.01. The SMILES string of the molecule is COc1ccc([C@H](NC(=O)[C@H](C)CC(=O)c2ccccc2Cl)C(=O)C[C@H](C(=O)C(F)(F)F)C(C)C)cc1. The van der Waals surface area contributed by atoms with E-state index in [9.17, 15) is 32.3 Å². The van der Waals surface area contributed by atoms with E-state index in [4.69, 9.17) is 16.3 Å². The van der Waals surface area contributed by atoms with Crippen molar-refractivity contribution in [3.05, 3.63) is 64.7 Å². The number of rotatable bonds is 12. The van der Waals surface area contributed by atoms with Crippen molar-refractivity contribution in [2.45, 2.75) is 45.8 Å². The molecule has 0 heterocycles. The van der Waals surface area contributed by atoms with E-state index in [0.717, 1.165) is 0 Å². The largest absolute Gasteiger partial charge is 0.497 e. The standard InChI is InChI=1S/C27H29ClF3NO5/c1-15(2)20(25(35)27(29,30)31)14-23(34)24(17-9-11-18(37-4)12-10-17)32-26(36)16(3)13-22(33)19-7-5-6-8-21(19)28/h5-12,15-16,20,24H,13-14H2,1-4H3,(H,32,36)/t16-,20+,24+/m1/s1. The molecule has 0 spiro atoms. The summed E-state index contributed by atoms with van der Waals surface area (Å²) in [5.41, 5.74) is 0.544. The van der Waals surface area contributed by atoms with Crippen LogP contribution in [0.2, 0.25) is 5.02 Å². The van der Waals surface area contributed by atoms with Crippen LogP contribution in [0.15, 0.2) is 48.5 Å². The second kappa shape index (κ2) is 12.9. The lowest BCUT2D eigenvalue weighted by molar-refractivity contribution is -0.177. The highest BCUT2D eigenvalue weighted by Crippen LogP contribution is 2.30. The van der Waals surface area contributed by atoms with E-state index in [0.29, 0.717) is 11.3 Å². The first-order valence-electron chi connectivity index (χ1n) is 11.6. The van der Waals surface area contributed by atoms with Crippen molar-refractivity contribution in [2.24, 2.45) is 17.8 Å². The molecule has 0 fully saturated rings. The number of hydrogen-bond donors (Lipinski definition) is 1. The zero-order valence-corrected chi connectivity index (χ0v) is 21.7. The van der Waals surface area contributed by atoms with Crippen LogP contribution in [0.4, 0.5) is 13.2 Å². The van der Waals surface area contributed by atoms with Gasteiger partial charge in [-0.15, -0.1) is 0 Å². The van der Waals surface area contributed by atoms with E-state index in [-0.39, 0.29) is 22.8 Å². The highest BCUT2D eigenvalue weighted by Gasteiger charge is 2.45. The van der Waals surface area contributed by atoms with Crippen molar-refractivity contribution < 1.29 is 37.1 Å². The topological polar surface area (TPSA) is 89.5 Å². The Hall–Kier alpha value is -3.20. The molecule has 2 aromatic rings. The molecule has 200 valence electrons. The quantitative estimate of drug-likeness (QED) is 0.345. The minimum Gasteiger partial charge on any atom is -0.497 e. The molecule has 0 radical (unpaired) electrons. The Kier molecular flexibility index (Phi) is 10.4. The maximum Gasteiger partial charge on any atom is 0.450 e. The molecule has 10 heteroatoms. The summed E-state index contributed by atoms with van der Waals surface area (Å²) in [6.07, 6.45) is -6.03. The molecule has 0 bridgehead atoms. The molecular weight excluding hydrogens is 511 g/mol. The van der Waals surface area contributed by atoms with Gasteiger partial charge in [0, 0.05) is 30.2 Å². The van der Waals surface area contributed by atoms with Crippen LogP contribution in [0, 0.1) is 17.8 Å². The van der Waals surface area contributed by atoms with Crippen LogP contribution in [-0.2, 0) is 14.4 Å². The van der Waals surface area contributed by atoms with Crippen molar-refractivity contribution in [1.82, 2.24) is 5.32 Å². The van der Waals surface area contributed by atoms with Gasteiger partial charge in [0.2, 0.25) is 11.7 Å². The van der Waals surface area contributed by atoms with E-state index < -0.39 is 53.9 Å². The molecular formula is C27H29ClF3NO5. The van der Waals surface area contributed by atoms with Gasteiger partial charge in [-0.1, -0.05) is 56.6 Å². The predicted molar refractivity (Wildman–Crippen MR) is 132 cm³/mol. The summed E-state index contributed by atoms with van der Waals surface area (Å²) in [5, 5.41) is 2.79. The van der Waals surface area contributed by atoms with Crippen LogP contribution in [0.3, 0.4) is 0 Å². The van der Waals surface area contributed by atoms with Gasteiger partial charge in [-0.25, -0.2) is 0 Å². The number of nitrogens with one attached hydrogen (secondary N) is 1. The van der Waals surface area contributed by atoms with Gasteiger partial charge < -0.3 is 10.1 Å². The molecule has 0 aliphatic heterocycles. The molecule has 0 aliphatic rings. The van der Waals surface area contributed by atoms with Gasteiger partial charge in [0.05, 0.1) is 12.1 Å². The third-order valence-corrected chi connectivity index (χ3v) is 6.34. The number of hydrogen-bond acceptors (Lipinski definition) is 5. The zero-order chi connectivity index (χ0) is 27.9. The number of alkyl halides is 3. The van der Waals surface area contributed by atoms with Crippen LogP contribution in [0.1, 0.15) is 55.6 Å². The number of ether oxygens (including phenoxy) is 1. The Morgan fingerprint density at radius 1 is 0.946 bits per heavy atom. The fourth-order valence-electron chi connectivity index (χ4n) is 3.77. The van der Waals surface area contributed by atoms with Crippen LogP contribution in [0.25, 0.3) is 0 Å². The Morgan fingerprint density at radius 3 is 2.05 bits per heavy atom. The summed E-state index contributed by atoms with van der Waals surface area (Å²) >= 11 is 6.06. The molecule has 2 rings (SSSR count). The monoisotopic (exact) mass is 539 g/mol. The number of Topliss-reactive ketones (excluding diaryl/α,β-unsaturated/α-hetero) is 3. The fraction of sp³-hybridized carbons (Fsp3) is 0.407. The van der Waals surface area contributed by atoms with Gasteiger partial charge in [0.15, 0.2) is 11.6 Å². The first kappa shape index (κ1) is 30.0. The summed E-state index contributed by atoms with van der Waals surface area (Å²) in [5.74, 6) is -6.58. The van der Waals surface area contributed by atoms with Crippen LogP contribution in [-0.4, -0.2) is 36.5 Å². The Labute approximate surface area is 218 Å². The minimum atomic E-state index is -5.10. The molecule has 1 N–H and O–H groups in total. The Balaban J connectivity index is 2.28. The number of amides is 1. The van der Waals surface area contributed by atoms with Crippen LogP contribution in [0.5, 0.6) is 5.75 Å². The number of benzene rings is 2. The van der Waals surface area contributed by atoms with Crippen molar-refractivity contribution in [1.29, 1.82) is 0 Å². The van der Waals surface area contributed by atoms with Gasteiger partial charge in [-0.2, -0.15) is 13.2 Å². The molecule has 0 aromatic heterocycles. The number of halogens is 4. The minimum absolute atomic E-state index is 0.208. The average Bonchev–Trinajstić information content (AvgIpc) is 2.84. The van der Waals surface area contributed by atoms with Gasteiger partial charge in [-0.3, -0.25) is 19.2 Å². The molecule has 0 saturated carbocycles. The molecule has 6 nitrogen and oxygen atoms in total. The summed E-state index contributed by atoms with van der Waals surface area (Å²) in [4.78, 5) is 50.8. The van der Waals surface area contributed by atoms with Gasteiger partial charge >= 0.3 is 6.18 Å². The molecule has 0 aliphatic carbocycles. The third kappa shape index (κ3) is 8.15. The van der Waals surface area contributed by atoms with Crippen LogP contribution < -0.4 is 10.1 Å². The van der Waals surface area contributed by atoms with Crippen molar-refractivity contribution in [3.8, 4) is 5.75 Å². The fourth-order valence-corrected chi connectivity index (χ4v) is 4.02. The van der Waals surface area contributed by atoms with Gasteiger partial charge in [0.1, 0.15) is 11.8 Å². The lowest BCUT2D eigenvalue weighted by atomic mass is 9.84. The summed E-state index contributed by atoms with van der Waals surface area (Å²) in [6, 6.07) is 11.1. The molecule has 1 amide bonds. The lowest BCUT2D eigenvalue weighted by Crippen LogP contribution is -2.40. The maximum atomic E-state index is 13.2. The average molecular weight is 540 g/mol. The number of ketones is 3. The lowest BCUT2D eigenvalue weighted by Gasteiger charge is -2.25. The number of carbonyl (C=O) groups excluding carboxylic acids is 4. The molecule has 3 atom stereocenters. The van der Waals surface area contributed by atoms with Crippen molar-refractivity contribution >= 4 is 34.9 Å². The van der Waals surface area contributed by atoms with E-state index in [2.05, 4.69) is 5.32 Å². The van der Waals surface area contributed by atoms with E-state index in [1.54, 1.807) is 18.2 Å². The highest BCUT2D eigenvalue weighted by molar-refractivity contribution is 6.34. The summed E-state index contributed by atoms with van der Waals surface area (Å²) in [7, 11) is 1.44. The number of methoxy groups -OCH3 is 1. The van der Waals surface area contributed by atoms with E-state index in [1.165, 1.54) is 58.2 Å². The molecule has 0 saturated heterocycles. The first-order chi connectivity index (χ1) is 17.3.